The lowest BCUT2D eigenvalue weighted by atomic mass is 9.80. The molecule has 0 radical (unpaired) electrons. The van der Waals surface area contributed by atoms with Crippen LogP contribution >= 0.6 is 0 Å². The quantitative estimate of drug-likeness (QED) is 0.893. The molecule has 1 aromatic rings. The molecule has 0 aromatic heterocycles. The molecule has 1 saturated carbocycles. The lowest BCUT2D eigenvalue weighted by Crippen LogP contribution is -2.42. The first kappa shape index (κ1) is 13.2. The summed E-state index contributed by atoms with van der Waals surface area (Å²) in [5, 5.41) is 10.1. The van der Waals surface area contributed by atoms with Crippen LogP contribution in [0.15, 0.2) is 36.5 Å². The maximum atomic E-state index is 11.8. The average Bonchev–Trinajstić information content (AvgIpc) is 2.49. The van der Waals surface area contributed by atoms with Crippen molar-refractivity contribution in [1.82, 2.24) is 0 Å². The highest BCUT2D eigenvalue weighted by atomic mass is 16.3. The Morgan fingerprint density at radius 1 is 1.10 bits per heavy atom. The second kappa shape index (κ2) is 5.70. The lowest BCUT2D eigenvalue weighted by molar-refractivity contribution is -0.115. The fourth-order valence-electron chi connectivity index (χ4n) is 3.50. The molecule has 2 aliphatic rings. The van der Waals surface area contributed by atoms with E-state index in [0.717, 1.165) is 5.69 Å². The molecule has 0 saturated heterocycles. The minimum absolute atomic E-state index is 0.195. The summed E-state index contributed by atoms with van der Waals surface area (Å²) in [6.07, 6.45) is 10.2. The number of carbonyl (C=O) groups is 1. The zero-order valence-corrected chi connectivity index (χ0v) is 11.7. The summed E-state index contributed by atoms with van der Waals surface area (Å²) in [7, 11) is 0. The van der Waals surface area contributed by atoms with E-state index in [1.807, 2.05) is 24.4 Å². The van der Waals surface area contributed by atoms with E-state index < -0.39 is 0 Å². The molecule has 20 heavy (non-hydrogen) atoms. The zero-order chi connectivity index (χ0) is 13.9. The third-order valence-electron chi connectivity index (χ3n) is 4.54. The van der Waals surface area contributed by atoms with Gasteiger partial charge >= 0.3 is 0 Å². The summed E-state index contributed by atoms with van der Waals surface area (Å²) in [6.45, 7) is 0. The van der Waals surface area contributed by atoms with Crippen molar-refractivity contribution in [3.8, 4) is 5.75 Å². The third-order valence-corrected chi connectivity index (χ3v) is 4.54. The molecule has 0 bridgehead atoms. The standard InChI is InChI=1S/C17H21NO2/c19-14-10-11-18(15-8-4-5-9-17(15)20)16(12-14)13-6-2-1-3-7-13/h4-5,8-11,13,16,20H,1-3,6-7,12H2/t16-/m1/s1. The Balaban J connectivity index is 1.91. The van der Waals surface area contributed by atoms with Gasteiger partial charge in [-0.25, -0.2) is 0 Å². The predicted octanol–water partition coefficient (Wildman–Crippen LogP) is 3.63. The Morgan fingerprint density at radius 3 is 2.60 bits per heavy atom. The van der Waals surface area contributed by atoms with Crippen LogP contribution in [-0.4, -0.2) is 16.9 Å². The Kier molecular flexibility index (Phi) is 3.77. The van der Waals surface area contributed by atoms with Gasteiger partial charge in [-0.05, 0) is 37.0 Å². The van der Waals surface area contributed by atoms with E-state index in [0.29, 0.717) is 12.3 Å². The van der Waals surface area contributed by atoms with E-state index in [2.05, 4.69) is 4.90 Å². The van der Waals surface area contributed by atoms with Crippen molar-refractivity contribution in [2.24, 2.45) is 5.92 Å². The number of para-hydroxylation sites is 2. The largest absolute Gasteiger partial charge is 0.506 e. The zero-order valence-electron chi connectivity index (χ0n) is 11.7. The Morgan fingerprint density at radius 2 is 1.85 bits per heavy atom. The van der Waals surface area contributed by atoms with Crippen molar-refractivity contribution < 1.29 is 9.90 Å². The highest BCUT2D eigenvalue weighted by molar-refractivity contribution is 5.92. The summed E-state index contributed by atoms with van der Waals surface area (Å²) in [5.74, 6) is 1.04. The van der Waals surface area contributed by atoms with Crippen LogP contribution in [0.4, 0.5) is 5.69 Å². The minimum atomic E-state index is 0.195. The fraction of sp³-hybridized carbons (Fsp3) is 0.471. The summed E-state index contributed by atoms with van der Waals surface area (Å²) in [5.41, 5.74) is 0.812. The molecule has 1 heterocycles. The molecule has 3 nitrogen and oxygen atoms in total. The van der Waals surface area contributed by atoms with Gasteiger partial charge in [0.25, 0.3) is 0 Å². The molecular formula is C17H21NO2. The van der Waals surface area contributed by atoms with Gasteiger partial charge in [0.2, 0.25) is 0 Å². The normalized spacial score (nSPS) is 24.1. The number of anilines is 1. The summed E-state index contributed by atoms with van der Waals surface area (Å²) >= 11 is 0. The number of benzene rings is 1. The van der Waals surface area contributed by atoms with Gasteiger partial charge in [0, 0.05) is 18.7 Å². The van der Waals surface area contributed by atoms with E-state index >= 15 is 0 Å². The SMILES string of the molecule is O=C1C=CN(c2ccccc2O)[C@@H](C2CCCCC2)C1. The number of rotatable bonds is 2. The topological polar surface area (TPSA) is 40.5 Å². The van der Waals surface area contributed by atoms with Crippen molar-refractivity contribution >= 4 is 11.5 Å². The van der Waals surface area contributed by atoms with E-state index in [4.69, 9.17) is 0 Å². The molecule has 1 aromatic carbocycles. The van der Waals surface area contributed by atoms with Crippen molar-refractivity contribution in [2.45, 2.75) is 44.6 Å². The van der Waals surface area contributed by atoms with E-state index in [1.165, 1.54) is 32.1 Å². The van der Waals surface area contributed by atoms with E-state index in [1.54, 1.807) is 12.1 Å². The van der Waals surface area contributed by atoms with Gasteiger partial charge in [0.15, 0.2) is 5.78 Å². The second-order valence-electron chi connectivity index (χ2n) is 5.85. The number of aromatic hydroxyl groups is 1. The van der Waals surface area contributed by atoms with Crippen molar-refractivity contribution in [2.75, 3.05) is 4.90 Å². The molecular weight excluding hydrogens is 250 g/mol. The van der Waals surface area contributed by atoms with Crippen LogP contribution in [0.3, 0.4) is 0 Å². The molecule has 1 atom stereocenters. The molecule has 3 rings (SSSR count). The van der Waals surface area contributed by atoms with Gasteiger partial charge in [0.05, 0.1) is 5.69 Å². The van der Waals surface area contributed by atoms with E-state index in [-0.39, 0.29) is 17.6 Å². The molecule has 1 aliphatic carbocycles. The van der Waals surface area contributed by atoms with Crippen LogP contribution in [0.25, 0.3) is 0 Å². The van der Waals surface area contributed by atoms with Gasteiger partial charge in [-0.15, -0.1) is 0 Å². The molecule has 3 heteroatoms. The van der Waals surface area contributed by atoms with Crippen molar-refractivity contribution in [1.29, 1.82) is 0 Å². The van der Waals surface area contributed by atoms with Crippen LogP contribution in [0.2, 0.25) is 0 Å². The maximum Gasteiger partial charge on any atom is 0.159 e. The molecule has 106 valence electrons. The highest BCUT2D eigenvalue weighted by Crippen LogP contribution is 2.37. The Labute approximate surface area is 119 Å². The van der Waals surface area contributed by atoms with Crippen molar-refractivity contribution in [3.05, 3.63) is 36.5 Å². The number of carbonyl (C=O) groups excluding carboxylic acids is 1. The molecule has 1 N–H and O–H groups in total. The number of nitrogens with zero attached hydrogens (tertiary/aromatic N) is 1. The highest BCUT2D eigenvalue weighted by Gasteiger charge is 2.32. The van der Waals surface area contributed by atoms with Crippen LogP contribution in [0.5, 0.6) is 5.75 Å². The summed E-state index contributed by atoms with van der Waals surface area (Å²) < 4.78 is 0. The first-order valence-corrected chi connectivity index (χ1v) is 7.53. The molecule has 1 fully saturated rings. The maximum absolute atomic E-state index is 11.8. The molecule has 0 spiro atoms. The van der Waals surface area contributed by atoms with Crippen LogP contribution in [0.1, 0.15) is 38.5 Å². The molecule has 0 unspecified atom stereocenters. The number of hydrogen-bond acceptors (Lipinski definition) is 3. The van der Waals surface area contributed by atoms with Gasteiger partial charge in [0.1, 0.15) is 5.75 Å². The fourth-order valence-corrected chi connectivity index (χ4v) is 3.50. The van der Waals surface area contributed by atoms with Crippen LogP contribution < -0.4 is 4.90 Å². The number of allylic oxidation sites excluding steroid dienone is 1. The number of ketones is 1. The van der Waals surface area contributed by atoms with E-state index in [9.17, 15) is 9.90 Å². The molecule has 0 amide bonds. The average molecular weight is 271 g/mol. The summed E-state index contributed by atoms with van der Waals surface area (Å²) in [4.78, 5) is 13.9. The number of phenolic OH excluding ortho intramolecular Hbond substituents is 1. The predicted molar refractivity (Wildman–Crippen MR) is 79.7 cm³/mol. The van der Waals surface area contributed by atoms with Gasteiger partial charge < -0.3 is 10.0 Å². The lowest BCUT2D eigenvalue weighted by Gasteiger charge is -2.39. The Hall–Kier alpha value is -1.77. The number of phenols is 1. The second-order valence-corrected chi connectivity index (χ2v) is 5.85. The summed E-state index contributed by atoms with van der Waals surface area (Å²) in [6, 6.07) is 7.58. The first-order valence-electron chi connectivity index (χ1n) is 7.53. The molecule has 1 aliphatic heterocycles. The van der Waals surface area contributed by atoms with Crippen molar-refractivity contribution in [3.63, 3.8) is 0 Å². The third kappa shape index (κ3) is 2.58. The van der Waals surface area contributed by atoms with Gasteiger partial charge in [-0.3, -0.25) is 4.79 Å². The van der Waals surface area contributed by atoms with Crippen LogP contribution in [-0.2, 0) is 4.79 Å². The van der Waals surface area contributed by atoms with Gasteiger partial charge in [-0.2, -0.15) is 0 Å². The monoisotopic (exact) mass is 271 g/mol. The minimum Gasteiger partial charge on any atom is -0.506 e. The smallest absolute Gasteiger partial charge is 0.159 e. The van der Waals surface area contributed by atoms with Crippen LogP contribution in [0, 0.1) is 5.92 Å². The number of hydrogen-bond donors (Lipinski definition) is 1. The Bertz CT molecular complexity index is 517. The van der Waals surface area contributed by atoms with Gasteiger partial charge in [-0.1, -0.05) is 31.4 Å². The first-order chi connectivity index (χ1) is 9.75.